The van der Waals surface area contributed by atoms with Gasteiger partial charge in [0, 0.05) is 77.1 Å². The van der Waals surface area contributed by atoms with Crippen LogP contribution in [0, 0.1) is 13.8 Å². The lowest BCUT2D eigenvalue weighted by Crippen LogP contribution is -2.00. The van der Waals surface area contributed by atoms with Crippen molar-refractivity contribution in [3.8, 4) is 66.8 Å². The van der Waals surface area contributed by atoms with Gasteiger partial charge in [-0.15, -0.1) is 0 Å². The minimum Gasteiger partial charge on any atom is -0.455 e. The second kappa shape index (κ2) is 15.0. The molecule has 0 N–H and O–H groups in total. The van der Waals surface area contributed by atoms with Gasteiger partial charge in [-0.2, -0.15) is 0 Å². The van der Waals surface area contributed by atoms with Gasteiger partial charge in [0.2, 0.25) is 0 Å². The Morgan fingerprint density at radius 3 is 1.05 bits per heavy atom. The van der Waals surface area contributed by atoms with E-state index in [0.717, 1.165) is 144 Å². The highest BCUT2D eigenvalue weighted by molar-refractivity contribution is 6.17. The molecule has 4 heterocycles. The quantitative estimate of drug-likeness (QED) is 0.156. The molecule has 13 rings (SSSR count). The molecular formula is C62H40N2O2. The summed E-state index contributed by atoms with van der Waals surface area (Å²) in [6.45, 7) is 4.27. The Balaban J connectivity index is 0.972. The molecule has 4 nitrogen and oxygen atoms in total. The van der Waals surface area contributed by atoms with E-state index in [1.165, 1.54) is 0 Å². The Bertz CT molecular complexity index is 3770. The van der Waals surface area contributed by atoms with Crippen molar-refractivity contribution in [2.45, 2.75) is 13.8 Å². The maximum absolute atomic E-state index is 6.43. The summed E-state index contributed by atoms with van der Waals surface area (Å²) in [6.07, 6.45) is 0. The van der Waals surface area contributed by atoms with Crippen LogP contribution in [0.1, 0.15) is 11.4 Å². The Hall–Kier alpha value is -8.60. The molecule has 0 amide bonds. The first kappa shape index (κ1) is 37.9. The van der Waals surface area contributed by atoms with E-state index in [1.807, 2.05) is 24.3 Å². The number of aromatic nitrogens is 2. The third-order valence-corrected chi connectivity index (χ3v) is 13.4. The number of rotatable bonds is 6. The van der Waals surface area contributed by atoms with Crippen LogP contribution < -0.4 is 0 Å². The first-order chi connectivity index (χ1) is 32.6. The largest absolute Gasteiger partial charge is 0.455 e. The van der Waals surface area contributed by atoms with Crippen LogP contribution in [-0.2, 0) is 0 Å². The summed E-state index contributed by atoms with van der Waals surface area (Å²) in [6, 6.07) is 73.0. The van der Waals surface area contributed by atoms with E-state index in [2.05, 4.69) is 196 Å². The molecule has 9 aromatic carbocycles. The van der Waals surface area contributed by atoms with E-state index >= 15 is 0 Å². The molecule has 0 aliphatic heterocycles. The summed E-state index contributed by atoms with van der Waals surface area (Å²) in [5.41, 5.74) is 20.6. The van der Waals surface area contributed by atoms with Crippen molar-refractivity contribution in [2.75, 3.05) is 0 Å². The topological polar surface area (TPSA) is 52.1 Å². The maximum atomic E-state index is 6.43. The average molecular weight is 845 g/mol. The summed E-state index contributed by atoms with van der Waals surface area (Å²) < 4.78 is 12.9. The molecule has 0 aliphatic carbocycles. The SMILES string of the molecule is Cc1nc2c(ccc3c(-c4ccccc4)c(-c4ccc(-c5cccc6c5oc5ccccc56)cc4)c(C)nc32)c(-c2ccccc2)c1-c1ccc(-c2cccc3c2oc2ccccc23)cc1. The zero-order valence-electron chi connectivity index (χ0n) is 36.3. The molecule has 0 aliphatic rings. The van der Waals surface area contributed by atoms with Gasteiger partial charge in [0.15, 0.2) is 0 Å². The van der Waals surface area contributed by atoms with Gasteiger partial charge in [-0.3, -0.25) is 9.97 Å². The van der Waals surface area contributed by atoms with Crippen molar-refractivity contribution >= 4 is 65.7 Å². The van der Waals surface area contributed by atoms with Crippen LogP contribution in [-0.4, -0.2) is 9.97 Å². The van der Waals surface area contributed by atoms with E-state index in [1.54, 1.807) is 0 Å². The van der Waals surface area contributed by atoms with Crippen LogP contribution >= 0.6 is 0 Å². The lowest BCUT2D eigenvalue weighted by atomic mass is 9.86. The Morgan fingerprint density at radius 1 is 0.273 bits per heavy atom. The van der Waals surface area contributed by atoms with Gasteiger partial charge in [-0.1, -0.05) is 194 Å². The fourth-order valence-corrected chi connectivity index (χ4v) is 10.4. The highest BCUT2D eigenvalue weighted by atomic mass is 16.3. The van der Waals surface area contributed by atoms with Crippen LogP contribution in [0.25, 0.3) is 132 Å². The second-order valence-electron chi connectivity index (χ2n) is 17.2. The number of benzene rings is 9. The summed E-state index contributed by atoms with van der Waals surface area (Å²) in [5, 5.41) is 6.63. The summed E-state index contributed by atoms with van der Waals surface area (Å²) >= 11 is 0. The highest BCUT2D eigenvalue weighted by Gasteiger charge is 2.23. The number of furan rings is 2. The Morgan fingerprint density at radius 2 is 0.621 bits per heavy atom. The van der Waals surface area contributed by atoms with Gasteiger partial charge in [-0.05, 0) is 59.4 Å². The zero-order chi connectivity index (χ0) is 43.9. The number of hydrogen-bond acceptors (Lipinski definition) is 4. The summed E-state index contributed by atoms with van der Waals surface area (Å²) in [7, 11) is 0. The van der Waals surface area contributed by atoms with Gasteiger partial charge < -0.3 is 8.83 Å². The second-order valence-corrected chi connectivity index (χ2v) is 17.2. The van der Waals surface area contributed by atoms with Gasteiger partial charge in [-0.25, -0.2) is 0 Å². The molecule has 0 atom stereocenters. The molecule has 0 bridgehead atoms. The van der Waals surface area contributed by atoms with E-state index in [-0.39, 0.29) is 0 Å². The van der Waals surface area contributed by atoms with E-state index in [4.69, 9.17) is 18.8 Å². The molecule has 66 heavy (non-hydrogen) atoms. The van der Waals surface area contributed by atoms with Crippen molar-refractivity contribution in [3.05, 3.63) is 218 Å². The van der Waals surface area contributed by atoms with Crippen LogP contribution in [0.3, 0.4) is 0 Å². The number of fused-ring (bicyclic) bond motifs is 9. The average Bonchev–Trinajstić information content (AvgIpc) is 3.95. The third-order valence-electron chi connectivity index (χ3n) is 13.4. The molecule has 4 aromatic heterocycles. The van der Waals surface area contributed by atoms with Gasteiger partial charge in [0.05, 0.1) is 11.0 Å². The van der Waals surface area contributed by atoms with Crippen molar-refractivity contribution in [2.24, 2.45) is 0 Å². The first-order valence-corrected chi connectivity index (χ1v) is 22.5. The molecule has 0 spiro atoms. The number of hydrogen-bond donors (Lipinski definition) is 0. The van der Waals surface area contributed by atoms with Crippen LogP contribution in [0.4, 0.5) is 0 Å². The number of pyridine rings is 2. The Labute approximate surface area is 381 Å². The predicted molar refractivity (Wildman–Crippen MR) is 274 cm³/mol. The summed E-state index contributed by atoms with van der Waals surface area (Å²) in [4.78, 5) is 11.0. The minimum atomic E-state index is 0.891. The van der Waals surface area contributed by atoms with Gasteiger partial charge in [0.1, 0.15) is 22.3 Å². The molecule has 0 saturated carbocycles. The molecule has 0 unspecified atom stereocenters. The smallest absolute Gasteiger partial charge is 0.143 e. The summed E-state index contributed by atoms with van der Waals surface area (Å²) in [5.74, 6) is 0. The molecular weight excluding hydrogens is 805 g/mol. The molecule has 0 fully saturated rings. The lowest BCUT2D eigenvalue weighted by Gasteiger charge is -2.20. The molecule has 0 saturated heterocycles. The highest BCUT2D eigenvalue weighted by Crippen LogP contribution is 2.46. The zero-order valence-corrected chi connectivity index (χ0v) is 36.3. The third kappa shape index (κ3) is 5.92. The normalized spacial score (nSPS) is 11.8. The van der Waals surface area contributed by atoms with E-state index in [9.17, 15) is 0 Å². The maximum Gasteiger partial charge on any atom is 0.143 e. The van der Waals surface area contributed by atoms with Crippen LogP contribution in [0.2, 0.25) is 0 Å². The monoisotopic (exact) mass is 844 g/mol. The van der Waals surface area contributed by atoms with Crippen LogP contribution in [0.15, 0.2) is 215 Å². The molecule has 0 radical (unpaired) electrons. The van der Waals surface area contributed by atoms with Crippen molar-refractivity contribution in [1.82, 2.24) is 9.97 Å². The minimum absolute atomic E-state index is 0.891. The fourth-order valence-electron chi connectivity index (χ4n) is 10.4. The lowest BCUT2D eigenvalue weighted by molar-refractivity contribution is 0.669. The van der Waals surface area contributed by atoms with Crippen molar-refractivity contribution in [3.63, 3.8) is 0 Å². The van der Waals surface area contributed by atoms with Crippen molar-refractivity contribution < 1.29 is 8.83 Å². The number of nitrogens with zero attached hydrogens (tertiary/aromatic N) is 2. The van der Waals surface area contributed by atoms with Gasteiger partial charge >= 0.3 is 0 Å². The van der Waals surface area contributed by atoms with Crippen LogP contribution in [0.5, 0.6) is 0 Å². The standard InChI is InChI=1S/C62H40N2O2/c1-37-55(43-31-27-39(28-32-43)45-21-13-23-49-47-19-9-11-25-53(47)65-61(45)49)57(41-15-5-3-6-16-41)51-35-36-52-58(42-17-7-4-8-18-42)56(38(2)64-60(52)59(51)63-37)44-33-29-40(30-34-44)46-22-14-24-50-48-20-10-12-26-54(48)66-62(46)50/h3-36H,1-2H3. The molecule has 310 valence electrons. The van der Waals surface area contributed by atoms with Gasteiger partial charge in [0.25, 0.3) is 0 Å². The van der Waals surface area contributed by atoms with Crippen molar-refractivity contribution in [1.29, 1.82) is 0 Å². The number of aryl methyl sites for hydroxylation is 2. The molecule has 13 aromatic rings. The van der Waals surface area contributed by atoms with E-state index < -0.39 is 0 Å². The number of para-hydroxylation sites is 4. The Kier molecular flexibility index (Phi) is 8.62. The fraction of sp³-hybridized carbons (Fsp3) is 0.0323. The van der Waals surface area contributed by atoms with E-state index in [0.29, 0.717) is 0 Å². The predicted octanol–water partition coefficient (Wildman–Crippen LogP) is 17.2. The first-order valence-electron chi connectivity index (χ1n) is 22.5. The molecule has 4 heteroatoms.